The number of pyridine rings is 3. The van der Waals surface area contributed by atoms with Crippen LogP contribution in [-0.4, -0.2) is 19.9 Å². The Balaban J connectivity index is 1.66. The van der Waals surface area contributed by atoms with Gasteiger partial charge in [-0.15, -0.1) is 11.3 Å². The number of aromatic amines is 1. The van der Waals surface area contributed by atoms with Gasteiger partial charge in [0.2, 0.25) is 5.72 Å². The first-order chi connectivity index (χ1) is 18.8. The predicted molar refractivity (Wildman–Crippen MR) is 150 cm³/mol. The van der Waals surface area contributed by atoms with Gasteiger partial charge < -0.3 is 14.6 Å². The topological polar surface area (TPSA) is 66.9 Å². The van der Waals surface area contributed by atoms with Gasteiger partial charge in [0.05, 0.1) is 17.1 Å². The summed E-state index contributed by atoms with van der Waals surface area (Å²) in [6.45, 7) is 0. The van der Waals surface area contributed by atoms with Gasteiger partial charge in [0, 0.05) is 53.0 Å². The smallest absolute Gasteiger partial charge is 0.228 e. The van der Waals surface area contributed by atoms with Crippen molar-refractivity contribution in [2.75, 3.05) is 4.90 Å². The van der Waals surface area contributed by atoms with E-state index in [1.807, 2.05) is 61.3 Å². The molecule has 0 aliphatic carbocycles. The summed E-state index contributed by atoms with van der Waals surface area (Å²) in [7, 11) is 0. The van der Waals surface area contributed by atoms with Crippen molar-refractivity contribution in [3.63, 3.8) is 0 Å². The number of anilines is 1. The molecule has 0 spiro atoms. The molecule has 3 atom stereocenters. The van der Waals surface area contributed by atoms with Crippen molar-refractivity contribution >= 4 is 28.4 Å². The van der Waals surface area contributed by atoms with E-state index in [2.05, 4.69) is 78.5 Å². The maximum absolute atomic E-state index is 7.48. The van der Waals surface area contributed by atoms with Crippen LogP contribution in [0.3, 0.4) is 0 Å². The van der Waals surface area contributed by atoms with Crippen molar-refractivity contribution in [3.05, 3.63) is 154 Å². The fourth-order valence-electron chi connectivity index (χ4n) is 5.65. The van der Waals surface area contributed by atoms with Crippen molar-refractivity contribution in [1.29, 1.82) is 0 Å². The van der Waals surface area contributed by atoms with E-state index in [0.717, 1.165) is 33.1 Å². The predicted octanol–water partition coefficient (Wildman–Crippen LogP) is 6.75. The summed E-state index contributed by atoms with van der Waals surface area (Å²) in [6.07, 6.45) is 10.7. The minimum Gasteiger partial charge on any atom is -0.361 e. The van der Waals surface area contributed by atoms with E-state index in [0.29, 0.717) is 0 Å². The second kappa shape index (κ2) is 9.33. The lowest BCUT2D eigenvalue weighted by molar-refractivity contribution is -0.0285. The number of ether oxygens (including phenoxy) is 1. The molecule has 38 heavy (non-hydrogen) atoms. The van der Waals surface area contributed by atoms with Crippen LogP contribution >= 0.6 is 22.7 Å². The Hall–Kier alpha value is -4.11. The molecule has 3 unspecified atom stereocenters. The quantitative estimate of drug-likeness (QED) is 0.257. The second-order valence-electron chi connectivity index (χ2n) is 9.02. The standard InChI is InChI=1S/C30H23N5OS2/c1-2-14-33-25(7-1)30(26-8-4-15-34-26)35(24-12-19-37-21-24)29(27-9-5-18-38-27,23-10-16-31-17-11-23)28(36-30)22-6-3-13-32-20-22/h1-21,28,34H. The molecule has 7 heterocycles. The molecule has 1 saturated heterocycles. The number of nitrogens with zero attached hydrogens (tertiary/aromatic N) is 4. The van der Waals surface area contributed by atoms with Crippen LogP contribution in [0.4, 0.5) is 5.69 Å². The summed E-state index contributed by atoms with van der Waals surface area (Å²) < 4.78 is 7.48. The molecule has 6 aromatic heterocycles. The highest BCUT2D eigenvalue weighted by Gasteiger charge is 2.67. The van der Waals surface area contributed by atoms with Crippen molar-refractivity contribution < 1.29 is 4.74 Å². The van der Waals surface area contributed by atoms with Gasteiger partial charge in [0.15, 0.2) is 0 Å². The van der Waals surface area contributed by atoms with E-state index in [1.165, 1.54) is 0 Å². The molecule has 6 nitrogen and oxygen atoms in total. The highest BCUT2D eigenvalue weighted by atomic mass is 32.1. The lowest BCUT2D eigenvalue weighted by Crippen LogP contribution is -2.54. The number of aromatic nitrogens is 4. The van der Waals surface area contributed by atoms with E-state index in [1.54, 1.807) is 28.9 Å². The monoisotopic (exact) mass is 533 g/mol. The second-order valence-corrected chi connectivity index (χ2v) is 10.8. The van der Waals surface area contributed by atoms with E-state index in [9.17, 15) is 0 Å². The van der Waals surface area contributed by atoms with Crippen molar-refractivity contribution in [2.45, 2.75) is 17.4 Å². The van der Waals surface area contributed by atoms with Crippen LogP contribution in [0.5, 0.6) is 0 Å². The summed E-state index contributed by atoms with van der Waals surface area (Å²) in [5, 5.41) is 6.41. The van der Waals surface area contributed by atoms with Gasteiger partial charge in [0.1, 0.15) is 11.6 Å². The summed E-state index contributed by atoms with van der Waals surface area (Å²) in [5.74, 6) is 0. The Morgan fingerprint density at radius 3 is 2.47 bits per heavy atom. The SMILES string of the molecule is c1ccc(C2(c3ccc[nH]3)OC(c3cccnc3)C(c3ccncc3)(c3cccs3)N2c2ccsc2)nc1. The fourth-order valence-corrected chi connectivity index (χ4v) is 7.23. The molecule has 1 N–H and O–H groups in total. The first kappa shape index (κ1) is 23.0. The third-order valence-corrected chi connectivity index (χ3v) is 8.74. The Morgan fingerprint density at radius 1 is 0.842 bits per heavy atom. The van der Waals surface area contributed by atoms with E-state index in [-0.39, 0.29) is 0 Å². The minimum absolute atomic E-state index is 0.442. The number of thiophene rings is 2. The molecule has 7 rings (SSSR count). The molecular formula is C30H23N5OS2. The van der Waals surface area contributed by atoms with Crippen LogP contribution in [0.15, 0.2) is 126 Å². The van der Waals surface area contributed by atoms with Crippen LogP contribution in [0, 0.1) is 0 Å². The van der Waals surface area contributed by atoms with Gasteiger partial charge >= 0.3 is 0 Å². The highest BCUT2D eigenvalue weighted by Crippen LogP contribution is 2.63. The molecule has 1 aliphatic heterocycles. The Kier molecular flexibility index (Phi) is 5.65. The number of hydrogen-bond donors (Lipinski definition) is 1. The van der Waals surface area contributed by atoms with Gasteiger partial charge in [-0.2, -0.15) is 11.3 Å². The molecular weight excluding hydrogens is 510 g/mol. The Labute approximate surface area is 228 Å². The van der Waals surface area contributed by atoms with Gasteiger partial charge in [-0.3, -0.25) is 15.0 Å². The van der Waals surface area contributed by atoms with Crippen molar-refractivity contribution in [3.8, 4) is 0 Å². The van der Waals surface area contributed by atoms with Gasteiger partial charge in [-0.1, -0.05) is 18.2 Å². The molecule has 0 saturated carbocycles. The van der Waals surface area contributed by atoms with Crippen molar-refractivity contribution in [2.24, 2.45) is 0 Å². The molecule has 0 bridgehead atoms. The summed E-state index contributed by atoms with van der Waals surface area (Å²) in [4.78, 5) is 20.8. The zero-order valence-electron chi connectivity index (χ0n) is 20.2. The third-order valence-electron chi connectivity index (χ3n) is 7.08. The Morgan fingerprint density at radius 2 is 1.79 bits per heavy atom. The molecule has 8 heteroatoms. The zero-order chi connectivity index (χ0) is 25.4. The fraction of sp³-hybridized carbons (Fsp3) is 0.100. The van der Waals surface area contributed by atoms with Gasteiger partial charge in [-0.05, 0) is 70.9 Å². The first-order valence-electron chi connectivity index (χ1n) is 12.3. The maximum atomic E-state index is 7.48. The van der Waals surface area contributed by atoms with Crippen LogP contribution in [0.1, 0.15) is 33.5 Å². The molecule has 186 valence electrons. The maximum Gasteiger partial charge on any atom is 0.228 e. The normalized spacial score (nSPS) is 23.1. The molecule has 1 aliphatic rings. The lowest BCUT2D eigenvalue weighted by Gasteiger charge is -2.46. The molecule has 1 fully saturated rings. The van der Waals surface area contributed by atoms with E-state index >= 15 is 0 Å². The van der Waals surface area contributed by atoms with Crippen LogP contribution in [0.2, 0.25) is 0 Å². The van der Waals surface area contributed by atoms with Crippen LogP contribution < -0.4 is 4.90 Å². The van der Waals surface area contributed by atoms with Crippen LogP contribution in [0.25, 0.3) is 0 Å². The van der Waals surface area contributed by atoms with Crippen LogP contribution in [-0.2, 0) is 16.0 Å². The summed E-state index contributed by atoms with van der Waals surface area (Å²) in [6, 6.07) is 24.8. The van der Waals surface area contributed by atoms with E-state index in [4.69, 9.17) is 9.72 Å². The number of hydrogen-bond acceptors (Lipinski definition) is 7. The Bertz CT molecular complexity index is 1590. The number of nitrogens with one attached hydrogen (secondary N) is 1. The average molecular weight is 534 g/mol. The van der Waals surface area contributed by atoms with Gasteiger partial charge in [-0.25, -0.2) is 0 Å². The largest absolute Gasteiger partial charge is 0.361 e. The molecule has 6 aromatic rings. The highest BCUT2D eigenvalue weighted by molar-refractivity contribution is 7.10. The summed E-state index contributed by atoms with van der Waals surface area (Å²) >= 11 is 3.38. The molecule has 0 amide bonds. The lowest BCUT2D eigenvalue weighted by atomic mass is 9.78. The van der Waals surface area contributed by atoms with E-state index < -0.39 is 17.4 Å². The number of rotatable bonds is 6. The third kappa shape index (κ3) is 3.31. The first-order valence-corrected chi connectivity index (χ1v) is 14.1. The molecule has 0 aromatic carbocycles. The average Bonchev–Trinajstić information content (AvgIpc) is 3.81. The van der Waals surface area contributed by atoms with Crippen molar-refractivity contribution in [1.82, 2.24) is 19.9 Å². The zero-order valence-corrected chi connectivity index (χ0v) is 21.8. The minimum atomic E-state index is -1.08. The van der Waals surface area contributed by atoms with Gasteiger partial charge in [0.25, 0.3) is 0 Å². The number of H-pyrrole nitrogens is 1. The summed E-state index contributed by atoms with van der Waals surface area (Å²) in [5.41, 5.74) is 2.90. The molecule has 0 radical (unpaired) electrons.